The van der Waals surface area contributed by atoms with Crippen LogP contribution >= 0.6 is 0 Å². The molecular weight excluding hydrogens is 680 g/mol. The van der Waals surface area contributed by atoms with Gasteiger partial charge in [-0.05, 0) is 66.4 Å². The zero-order chi connectivity index (χ0) is 37.3. The van der Waals surface area contributed by atoms with Gasteiger partial charge in [0.2, 0.25) is 11.8 Å². The summed E-state index contributed by atoms with van der Waals surface area (Å²) in [4.78, 5) is 65.5. The average molecular weight is 731 g/mol. The van der Waals surface area contributed by atoms with E-state index in [1.165, 1.54) is 19.0 Å². The predicted octanol–water partition coefficient (Wildman–Crippen LogP) is 2.57. The smallest absolute Gasteiger partial charge is 0.408 e. The Kier molecular flexibility index (Phi) is 11.0. The highest BCUT2D eigenvalue weighted by Crippen LogP contribution is 2.46. The second-order valence-corrected chi connectivity index (χ2v) is 16.8. The summed E-state index contributed by atoms with van der Waals surface area (Å²) in [7, 11) is -1.57. The lowest BCUT2D eigenvalue weighted by atomic mass is 10.0. The molecule has 0 radical (unpaired) electrons. The fourth-order valence-electron chi connectivity index (χ4n) is 6.56. The molecule has 1 saturated carbocycles. The third kappa shape index (κ3) is 8.63. The number of hydrogen-bond acceptors (Lipinski definition) is 10. The Hall–Kier alpha value is -4.25. The first-order chi connectivity index (χ1) is 23.9. The lowest BCUT2D eigenvalue weighted by Crippen LogP contribution is -2.58. The molecule has 0 unspecified atom stereocenters. The Labute approximate surface area is 298 Å². The maximum atomic E-state index is 14.4. The van der Waals surface area contributed by atoms with Gasteiger partial charge in [0, 0.05) is 38.7 Å². The van der Waals surface area contributed by atoms with Crippen molar-refractivity contribution in [3.63, 3.8) is 0 Å². The van der Waals surface area contributed by atoms with Crippen molar-refractivity contribution in [3.05, 3.63) is 30.6 Å². The lowest BCUT2D eigenvalue weighted by Gasteiger charge is -2.30. The van der Waals surface area contributed by atoms with E-state index >= 15 is 0 Å². The van der Waals surface area contributed by atoms with Crippen molar-refractivity contribution in [2.75, 3.05) is 20.6 Å². The van der Waals surface area contributed by atoms with Gasteiger partial charge in [0.05, 0.1) is 23.8 Å². The van der Waals surface area contributed by atoms with Gasteiger partial charge in [-0.25, -0.2) is 9.52 Å². The maximum absolute atomic E-state index is 14.4. The number of ether oxygens (including phenoxy) is 2. The first-order valence-electron chi connectivity index (χ1n) is 17.4. The van der Waals surface area contributed by atoms with Crippen LogP contribution in [-0.4, -0.2) is 106 Å². The molecule has 0 aromatic carbocycles. The molecular formula is C34H50N8O8S. The van der Waals surface area contributed by atoms with Crippen molar-refractivity contribution in [2.24, 2.45) is 5.92 Å². The van der Waals surface area contributed by atoms with Crippen LogP contribution in [0, 0.1) is 5.92 Å². The number of imidazole rings is 1. The third-order valence-electron chi connectivity index (χ3n) is 9.29. The van der Waals surface area contributed by atoms with E-state index < -0.39 is 69.3 Å². The Morgan fingerprint density at radius 3 is 2.59 bits per heavy atom. The second kappa shape index (κ2) is 14.8. The van der Waals surface area contributed by atoms with Gasteiger partial charge in [0.1, 0.15) is 29.3 Å². The molecule has 4 amide bonds. The summed E-state index contributed by atoms with van der Waals surface area (Å²) in [5.74, 6) is -2.46. The number of hydrogen-bond donors (Lipinski definition) is 3. The highest BCUT2D eigenvalue weighted by atomic mass is 32.2. The Balaban J connectivity index is 1.49. The number of nitrogens with zero attached hydrogens (tertiary/aromatic N) is 5. The van der Waals surface area contributed by atoms with E-state index in [0.29, 0.717) is 30.8 Å². The number of carbonyl (C=O) groups is 4. The average Bonchev–Trinajstić information content (AvgIpc) is 3.36. The standard InChI is InChI=1S/C34H50N8O8S/c1-21(2)42-27-19-35-16-15-24(27)36-31(42)49-23-17-26-28(43)38-34(30(45)39-51(47,48)40(6)7)18-22(34)13-11-9-8-10-12-14-25(29(44)41(26)20-23)37-32(46)50-33(3,4)5/h11,13,15-16,19,21-23,25-26H,8-10,12,14,17-18,20H2,1-7H3,(H,37,46)(H,38,43)(H,39,45)/t22-,23-,25+,26+,34-/m1/s1. The van der Waals surface area contributed by atoms with Crippen LogP contribution in [0.5, 0.6) is 6.01 Å². The minimum Gasteiger partial charge on any atom is -0.459 e. The summed E-state index contributed by atoms with van der Waals surface area (Å²) in [5.41, 5.74) is -0.914. The van der Waals surface area contributed by atoms with Crippen molar-refractivity contribution in [3.8, 4) is 6.01 Å². The molecule has 5 rings (SSSR count). The maximum Gasteiger partial charge on any atom is 0.408 e. The van der Waals surface area contributed by atoms with Gasteiger partial charge in [-0.1, -0.05) is 25.0 Å². The fourth-order valence-corrected chi connectivity index (χ4v) is 7.16. The van der Waals surface area contributed by atoms with Gasteiger partial charge in [-0.2, -0.15) is 17.7 Å². The molecule has 3 N–H and O–H groups in total. The van der Waals surface area contributed by atoms with Gasteiger partial charge >= 0.3 is 16.3 Å². The minimum atomic E-state index is -4.16. The molecule has 2 aromatic rings. The molecule has 2 fully saturated rings. The van der Waals surface area contributed by atoms with Gasteiger partial charge in [-0.15, -0.1) is 0 Å². The van der Waals surface area contributed by atoms with Crippen molar-refractivity contribution in [1.82, 2.24) is 39.1 Å². The molecule has 2 aromatic heterocycles. The SMILES string of the molecule is CC(C)n1c(O[C@@H]2C[C@H]3C(=O)N[C@]4(C(=O)NS(=O)(=O)N(C)C)C[C@H]4C=CCCCCC[C@H](NC(=O)OC(C)(C)C)C(=O)N3C2)nc2ccncc21. The molecule has 17 heteroatoms. The van der Waals surface area contributed by atoms with Gasteiger partial charge < -0.3 is 25.0 Å². The van der Waals surface area contributed by atoms with E-state index in [0.717, 1.165) is 22.7 Å². The molecule has 3 aliphatic rings. The van der Waals surface area contributed by atoms with Crippen molar-refractivity contribution in [1.29, 1.82) is 0 Å². The normalized spacial score (nSPS) is 26.2. The zero-order valence-corrected chi connectivity index (χ0v) is 31.2. The summed E-state index contributed by atoms with van der Waals surface area (Å²) in [6.45, 7) is 9.12. The second-order valence-electron chi connectivity index (χ2n) is 15.0. The van der Waals surface area contributed by atoms with E-state index in [1.807, 2.05) is 30.6 Å². The Morgan fingerprint density at radius 1 is 1.16 bits per heavy atom. The topological polar surface area (TPSA) is 194 Å². The molecule has 2 aliphatic heterocycles. The van der Waals surface area contributed by atoms with Crippen molar-refractivity contribution in [2.45, 2.75) is 115 Å². The number of alkyl carbamates (subject to hydrolysis) is 1. The van der Waals surface area contributed by atoms with Crippen LogP contribution in [-0.2, 0) is 29.3 Å². The minimum absolute atomic E-state index is 0.0134. The van der Waals surface area contributed by atoms with Crippen LogP contribution in [0.25, 0.3) is 11.0 Å². The third-order valence-corrected chi connectivity index (χ3v) is 10.7. The van der Waals surface area contributed by atoms with Crippen molar-refractivity contribution >= 4 is 45.1 Å². The quantitative estimate of drug-likeness (QED) is 0.357. The first kappa shape index (κ1) is 38.0. The van der Waals surface area contributed by atoms with Crippen LogP contribution in [0.1, 0.15) is 85.6 Å². The summed E-state index contributed by atoms with van der Waals surface area (Å²) < 4.78 is 42.1. The van der Waals surface area contributed by atoms with E-state index in [2.05, 4.69) is 25.3 Å². The molecule has 5 atom stereocenters. The molecule has 0 bridgehead atoms. The number of fused-ring (bicyclic) bond motifs is 3. The van der Waals surface area contributed by atoms with Gasteiger partial charge in [0.15, 0.2) is 0 Å². The molecule has 0 spiro atoms. The zero-order valence-electron chi connectivity index (χ0n) is 30.3. The van der Waals surface area contributed by atoms with Crippen LogP contribution in [0.3, 0.4) is 0 Å². The van der Waals surface area contributed by atoms with E-state index in [4.69, 9.17) is 9.47 Å². The van der Waals surface area contributed by atoms with Crippen LogP contribution in [0.4, 0.5) is 4.79 Å². The highest BCUT2D eigenvalue weighted by molar-refractivity contribution is 7.87. The fraction of sp³-hybridized carbons (Fsp3) is 0.647. The van der Waals surface area contributed by atoms with Crippen LogP contribution < -0.4 is 20.1 Å². The van der Waals surface area contributed by atoms with Crippen LogP contribution in [0.15, 0.2) is 30.6 Å². The van der Waals surface area contributed by atoms with Crippen LogP contribution in [0.2, 0.25) is 0 Å². The van der Waals surface area contributed by atoms with E-state index in [9.17, 15) is 27.6 Å². The molecule has 1 aliphatic carbocycles. The van der Waals surface area contributed by atoms with Gasteiger partial charge in [-0.3, -0.25) is 23.9 Å². The summed E-state index contributed by atoms with van der Waals surface area (Å²) in [5, 5.41) is 5.57. The van der Waals surface area contributed by atoms with Gasteiger partial charge in [0.25, 0.3) is 11.9 Å². The molecule has 1 saturated heterocycles. The highest BCUT2D eigenvalue weighted by Gasteiger charge is 2.61. The predicted molar refractivity (Wildman–Crippen MR) is 188 cm³/mol. The number of pyridine rings is 1. The number of aromatic nitrogens is 3. The van der Waals surface area contributed by atoms with E-state index in [1.54, 1.807) is 39.2 Å². The Morgan fingerprint density at radius 2 is 1.90 bits per heavy atom. The number of carbonyl (C=O) groups excluding carboxylic acids is 4. The molecule has 16 nitrogen and oxygen atoms in total. The summed E-state index contributed by atoms with van der Waals surface area (Å²) in [6, 6.07) is -0.101. The molecule has 280 valence electrons. The number of rotatable bonds is 7. The first-order valence-corrected chi connectivity index (χ1v) is 18.9. The van der Waals surface area contributed by atoms with E-state index in [-0.39, 0.29) is 25.4 Å². The summed E-state index contributed by atoms with van der Waals surface area (Å²) in [6.07, 6.45) is 9.02. The number of amides is 4. The summed E-state index contributed by atoms with van der Waals surface area (Å²) >= 11 is 0. The monoisotopic (exact) mass is 730 g/mol. The molecule has 51 heavy (non-hydrogen) atoms. The lowest BCUT2D eigenvalue weighted by molar-refractivity contribution is -0.141. The van der Waals surface area contributed by atoms with Crippen molar-refractivity contribution < 1.29 is 37.1 Å². The Bertz CT molecular complexity index is 1790. The molecule has 4 heterocycles. The largest absolute Gasteiger partial charge is 0.459 e. The number of nitrogens with one attached hydrogen (secondary N) is 3. The number of allylic oxidation sites excluding steroid dienone is 1.